The number of likely N-dealkylation sites (tertiary alicyclic amines) is 1. The van der Waals surface area contributed by atoms with Crippen molar-refractivity contribution in [2.24, 2.45) is 0 Å². The molecule has 0 radical (unpaired) electrons. The van der Waals surface area contributed by atoms with Crippen LogP contribution in [0, 0.1) is 0 Å². The molecule has 1 amide bonds. The molecule has 3 rings (SSSR count). The fraction of sp³-hybridized carbons (Fsp3) is 0.938. The molecule has 3 fully saturated rings. The van der Waals surface area contributed by atoms with Gasteiger partial charge < -0.3 is 15.3 Å². The van der Waals surface area contributed by atoms with Crippen LogP contribution in [0.5, 0.6) is 0 Å². The summed E-state index contributed by atoms with van der Waals surface area (Å²) in [5.74, 6) is 0.347. The summed E-state index contributed by atoms with van der Waals surface area (Å²) in [6.07, 6.45) is 4.53. The summed E-state index contributed by atoms with van der Waals surface area (Å²) in [6.45, 7) is 7.62. The number of aliphatic hydroxyl groups is 1. The Morgan fingerprint density at radius 1 is 1.05 bits per heavy atom. The number of carbonyl (C=O) groups is 1. The molecule has 3 heterocycles. The van der Waals surface area contributed by atoms with Crippen LogP contribution in [0.3, 0.4) is 0 Å². The second-order valence-corrected chi connectivity index (χ2v) is 6.77. The van der Waals surface area contributed by atoms with Crippen LogP contribution < -0.4 is 5.32 Å². The first-order valence-corrected chi connectivity index (χ1v) is 8.88. The average Bonchev–Trinajstić information content (AvgIpc) is 3.06. The maximum absolute atomic E-state index is 12.9. The second-order valence-electron chi connectivity index (χ2n) is 6.77. The SMILES string of the molecule is O=C([C@@H]1CCCN1C1CCNCC1)N1CCN(CCO)CC1. The van der Waals surface area contributed by atoms with E-state index in [4.69, 9.17) is 5.11 Å². The van der Waals surface area contributed by atoms with Gasteiger partial charge in [-0.1, -0.05) is 0 Å². The molecule has 126 valence electrons. The lowest BCUT2D eigenvalue weighted by molar-refractivity contribution is -0.138. The topological polar surface area (TPSA) is 59.1 Å². The number of nitrogens with zero attached hydrogens (tertiary/aromatic N) is 3. The van der Waals surface area contributed by atoms with E-state index in [9.17, 15) is 4.79 Å². The fourth-order valence-electron chi connectivity index (χ4n) is 4.17. The van der Waals surface area contributed by atoms with E-state index in [0.29, 0.717) is 11.9 Å². The Morgan fingerprint density at radius 2 is 1.77 bits per heavy atom. The lowest BCUT2D eigenvalue weighted by Gasteiger charge is -2.40. The Labute approximate surface area is 133 Å². The Kier molecular flexibility index (Phi) is 5.68. The van der Waals surface area contributed by atoms with Crippen molar-refractivity contribution in [3.63, 3.8) is 0 Å². The van der Waals surface area contributed by atoms with Gasteiger partial charge in [0.15, 0.2) is 0 Å². The van der Waals surface area contributed by atoms with Gasteiger partial charge in [-0.3, -0.25) is 14.6 Å². The number of piperazine rings is 1. The molecule has 1 atom stereocenters. The van der Waals surface area contributed by atoms with Gasteiger partial charge in [-0.25, -0.2) is 0 Å². The predicted octanol–water partition coefficient (Wildman–Crippen LogP) is -0.661. The zero-order valence-corrected chi connectivity index (χ0v) is 13.5. The molecule has 3 aliphatic rings. The first kappa shape index (κ1) is 16.2. The summed E-state index contributed by atoms with van der Waals surface area (Å²) in [6, 6.07) is 0.709. The van der Waals surface area contributed by atoms with Crippen molar-refractivity contribution in [3.05, 3.63) is 0 Å². The number of amides is 1. The highest BCUT2D eigenvalue weighted by atomic mass is 16.3. The third-order valence-electron chi connectivity index (χ3n) is 5.46. The number of hydrogen-bond acceptors (Lipinski definition) is 5. The van der Waals surface area contributed by atoms with Gasteiger partial charge >= 0.3 is 0 Å². The van der Waals surface area contributed by atoms with Crippen LogP contribution >= 0.6 is 0 Å². The van der Waals surface area contributed by atoms with Crippen molar-refractivity contribution in [1.29, 1.82) is 0 Å². The maximum Gasteiger partial charge on any atom is 0.240 e. The molecule has 0 aromatic carbocycles. The van der Waals surface area contributed by atoms with Crippen LogP contribution in [-0.2, 0) is 4.79 Å². The number of carbonyl (C=O) groups excluding carboxylic acids is 1. The molecule has 0 bridgehead atoms. The van der Waals surface area contributed by atoms with Crippen molar-refractivity contribution in [2.45, 2.75) is 37.8 Å². The summed E-state index contributed by atoms with van der Waals surface area (Å²) < 4.78 is 0. The molecule has 6 heteroatoms. The van der Waals surface area contributed by atoms with Gasteiger partial charge in [-0.15, -0.1) is 0 Å². The van der Waals surface area contributed by atoms with E-state index >= 15 is 0 Å². The molecule has 0 aromatic rings. The van der Waals surface area contributed by atoms with Crippen molar-refractivity contribution < 1.29 is 9.90 Å². The van der Waals surface area contributed by atoms with Crippen LogP contribution in [0.2, 0.25) is 0 Å². The molecule has 2 N–H and O–H groups in total. The van der Waals surface area contributed by atoms with E-state index in [1.54, 1.807) is 0 Å². The van der Waals surface area contributed by atoms with E-state index in [0.717, 1.165) is 65.2 Å². The van der Waals surface area contributed by atoms with E-state index in [1.807, 2.05) is 0 Å². The highest BCUT2D eigenvalue weighted by Crippen LogP contribution is 2.26. The molecular formula is C16H30N4O2. The van der Waals surface area contributed by atoms with Gasteiger partial charge in [0.2, 0.25) is 5.91 Å². The van der Waals surface area contributed by atoms with Crippen LogP contribution in [-0.4, -0.2) is 96.8 Å². The standard InChI is InChI=1S/C16H30N4O2/c21-13-12-18-8-10-19(11-9-18)16(22)15-2-1-7-20(15)14-3-5-17-6-4-14/h14-15,17,21H,1-13H2/t15-/m0/s1. The quantitative estimate of drug-likeness (QED) is 0.722. The summed E-state index contributed by atoms with van der Waals surface area (Å²) in [4.78, 5) is 19.7. The minimum absolute atomic E-state index is 0.118. The first-order chi connectivity index (χ1) is 10.8. The molecule has 0 unspecified atom stereocenters. The number of piperidine rings is 1. The van der Waals surface area contributed by atoms with E-state index in [2.05, 4.69) is 20.0 Å². The van der Waals surface area contributed by atoms with Crippen molar-refractivity contribution >= 4 is 5.91 Å². The molecule has 0 spiro atoms. The molecule has 3 aliphatic heterocycles. The summed E-state index contributed by atoms with van der Waals surface area (Å²) in [7, 11) is 0. The Morgan fingerprint density at radius 3 is 2.45 bits per heavy atom. The zero-order valence-electron chi connectivity index (χ0n) is 13.5. The maximum atomic E-state index is 12.9. The Balaban J connectivity index is 1.54. The van der Waals surface area contributed by atoms with Crippen LogP contribution in [0.15, 0.2) is 0 Å². The Hall–Kier alpha value is -0.690. The smallest absolute Gasteiger partial charge is 0.240 e. The van der Waals surface area contributed by atoms with Gasteiger partial charge in [0.1, 0.15) is 0 Å². The number of β-amino-alcohol motifs (C(OH)–C–C–N with tert-alkyl or cyclic N) is 1. The second kappa shape index (κ2) is 7.73. The van der Waals surface area contributed by atoms with Crippen molar-refractivity contribution in [2.75, 3.05) is 59.0 Å². The molecule has 3 saturated heterocycles. The molecule has 22 heavy (non-hydrogen) atoms. The molecular weight excluding hydrogens is 280 g/mol. The Bertz CT molecular complexity index is 365. The van der Waals surface area contributed by atoms with Gasteiger partial charge in [-0.05, 0) is 45.3 Å². The third kappa shape index (κ3) is 3.62. The number of aliphatic hydroxyl groups excluding tert-OH is 1. The first-order valence-electron chi connectivity index (χ1n) is 8.88. The van der Waals surface area contributed by atoms with Crippen LogP contribution in [0.25, 0.3) is 0 Å². The van der Waals surface area contributed by atoms with E-state index in [-0.39, 0.29) is 12.6 Å². The summed E-state index contributed by atoms with van der Waals surface area (Å²) in [5.41, 5.74) is 0. The molecule has 0 saturated carbocycles. The van der Waals surface area contributed by atoms with Gasteiger partial charge in [0, 0.05) is 38.8 Å². The fourth-order valence-corrected chi connectivity index (χ4v) is 4.17. The monoisotopic (exact) mass is 310 g/mol. The molecule has 0 aromatic heterocycles. The van der Waals surface area contributed by atoms with Gasteiger partial charge in [-0.2, -0.15) is 0 Å². The lowest BCUT2D eigenvalue weighted by Crippen LogP contribution is -2.56. The minimum atomic E-state index is 0.118. The van der Waals surface area contributed by atoms with Crippen molar-refractivity contribution in [3.8, 4) is 0 Å². The normalized spacial score (nSPS) is 29.1. The highest BCUT2D eigenvalue weighted by Gasteiger charge is 2.38. The molecule has 0 aliphatic carbocycles. The zero-order chi connectivity index (χ0) is 15.4. The number of nitrogens with one attached hydrogen (secondary N) is 1. The lowest BCUT2D eigenvalue weighted by atomic mass is 10.0. The van der Waals surface area contributed by atoms with Crippen molar-refractivity contribution in [1.82, 2.24) is 20.0 Å². The predicted molar refractivity (Wildman–Crippen MR) is 85.7 cm³/mol. The summed E-state index contributed by atoms with van der Waals surface area (Å²) in [5, 5.41) is 12.4. The van der Waals surface area contributed by atoms with E-state index in [1.165, 1.54) is 12.8 Å². The largest absolute Gasteiger partial charge is 0.395 e. The average molecular weight is 310 g/mol. The highest BCUT2D eigenvalue weighted by molar-refractivity contribution is 5.82. The van der Waals surface area contributed by atoms with Crippen LogP contribution in [0.1, 0.15) is 25.7 Å². The number of hydrogen-bond donors (Lipinski definition) is 2. The minimum Gasteiger partial charge on any atom is -0.395 e. The van der Waals surface area contributed by atoms with Gasteiger partial charge in [0.05, 0.1) is 12.6 Å². The van der Waals surface area contributed by atoms with E-state index < -0.39 is 0 Å². The molecule has 6 nitrogen and oxygen atoms in total. The van der Waals surface area contributed by atoms with Crippen LogP contribution in [0.4, 0.5) is 0 Å². The van der Waals surface area contributed by atoms with Gasteiger partial charge in [0.25, 0.3) is 0 Å². The summed E-state index contributed by atoms with van der Waals surface area (Å²) >= 11 is 0. The third-order valence-corrected chi connectivity index (χ3v) is 5.46. The number of rotatable bonds is 4.